The Morgan fingerprint density at radius 1 is 1.17 bits per heavy atom. The lowest BCUT2D eigenvalue weighted by molar-refractivity contribution is 0.0614. The molecule has 1 N–H and O–H groups in total. The van der Waals surface area contributed by atoms with E-state index in [9.17, 15) is 13.9 Å². The van der Waals surface area contributed by atoms with Gasteiger partial charge in [-0.25, -0.2) is 8.78 Å². The highest BCUT2D eigenvalue weighted by Gasteiger charge is 2.25. The number of hydrogen-bond donors (Lipinski definition) is 1. The van der Waals surface area contributed by atoms with Crippen molar-refractivity contribution in [3.8, 4) is 0 Å². The minimum Gasteiger partial charge on any atom is -0.384 e. The minimum absolute atomic E-state index is 0.254. The molecule has 0 aliphatic heterocycles. The summed E-state index contributed by atoms with van der Waals surface area (Å²) >= 11 is 1.50. The average Bonchev–Trinajstić information content (AvgIpc) is 2.71. The number of aryl methyl sites for hydroxylation is 1. The second kappa shape index (κ2) is 4.78. The molecule has 0 radical (unpaired) electrons. The largest absolute Gasteiger partial charge is 0.384 e. The third kappa shape index (κ3) is 2.76. The average molecular weight is 268 g/mol. The van der Waals surface area contributed by atoms with E-state index in [0.717, 1.165) is 21.9 Å². The SMILES string of the molecule is Cc1ccc(C(C)(O)Cc2ccc(F)c(F)c2)s1. The van der Waals surface area contributed by atoms with Crippen molar-refractivity contribution in [2.75, 3.05) is 0 Å². The summed E-state index contributed by atoms with van der Waals surface area (Å²) in [6.07, 6.45) is 0.254. The summed E-state index contributed by atoms with van der Waals surface area (Å²) < 4.78 is 25.9. The molecule has 0 aliphatic carbocycles. The van der Waals surface area contributed by atoms with Gasteiger partial charge in [-0.3, -0.25) is 0 Å². The maximum atomic E-state index is 13.1. The highest BCUT2D eigenvalue weighted by atomic mass is 32.1. The fourth-order valence-electron chi connectivity index (χ4n) is 1.86. The molecule has 0 saturated heterocycles. The van der Waals surface area contributed by atoms with Crippen LogP contribution in [-0.4, -0.2) is 5.11 Å². The van der Waals surface area contributed by atoms with Crippen LogP contribution in [0.15, 0.2) is 30.3 Å². The molecule has 1 aromatic heterocycles. The van der Waals surface area contributed by atoms with E-state index >= 15 is 0 Å². The molecule has 1 unspecified atom stereocenters. The zero-order chi connectivity index (χ0) is 13.3. The molecule has 2 aromatic rings. The van der Waals surface area contributed by atoms with E-state index in [0.29, 0.717) is 5.56 Å². The predicted molar refractivity (Wildman–Crippen MR) is 68.7 cm³/mol. The first-order valence-electron chi connectivity index (χ1n) is 5.62. The maximum absolute atomic E-state index is 13.1. The molecule has 0 saturated carbocycles. The zero-order valence-corrected chi connectivity index (χ0v) is 11.0. The van der Waals surface area contributed by atoms with E-state index in [-0.39, 0.29) is 6.42 Å². The Hall–Kier alpha value is -1.26. The van der Waals surface area contributed by atoms with Crippen LogP contribution in [0, 0.1) is 18.6 Å². The van der Waals surface area contributed by atoms with Gasteiger partial charge in [0.1, 0.15) is 0 Å². The molecule has 0 bridgehead atoms. The smallest absolute Gasteiger partial charge is 0.159 e. The third-order valence-electron chi connectivity index (χ3n) is 2.80. The number of hydrogen-bond acceptors (Lipinski definition) is 2. The summed E-state index contributed by atoms with van der Waals surface area (Å²) in [4.78, 5) is 1.93. The molecule has 1 aromatic carbocycles. The lowest BCUT2D eigenvalue weighted by Crippen LogP contribution is -2.22. The van der Waals surface area contributed by atoms with Crippen LogP contribution in [0.1, 0.15) is 22.2 Å². The third-order valence-corrected chi connectivity index (χ3v) is 4.06. The van der Waals surface area contributed by atoms with Crippen LogP contribution in [0.4, 0.5) is 8.78 Å². The summed E-state index contributed by atoms with van der Waals surface area (Å²) in [5, 5.41) is 10.4. The van der Waals surface area contributed by atoms with E-state index in [2.05, 4.69) is 0 Å². The first-order valence-corrected chi connectivity index (χ1v) is 6.43. The second-order valence-electron chi connectivity index (χ2n) is 4.61. The van der Waals surface area contributed by atoms with E-state index in [1.165, 1.54) is 17.4 Å². The second-order valence-corrected chi connectivity index (χ2v) is 5.90. The maximum Gasteiger partial charge on any atom is 0.159 e. The number of aliphatic hydroxyl groups is 1. The van der Waals surface area contributed by atoms with Crippen LogP contribution in [0.25, 0.3) is 0 Å². The molecule has 2 rings (SSSR count). The van der Waals surface area contributed by atoms with Gasteiger partial charge in [0, 0.05) is 16.2 Å². The van der Waals surface area contributed by atoms with Gasteiger partial charge < -0.3 is 5.11 Å². The Labute approximate surface area is 109 Å². The van der Waals surface area contributed by atoms with Crippen molar-refractivity contribution in [1.82, 2.24) is 0 Å². The lowest BCUT2D eigenvalue weighted by Gasteiger charge is -2.22. The van der Waals surface area contributed by atoms with Crippen LogP contribution in [0.3, 0.4) is 0 Å². The fraction of sp³-hybridized carbons (Fsp3) is 0.286. The Kier molecular flexibility index (Phi) is 3.50. The van der Waals surface area contributed by atoms with Crippen molar-refractivity contribution in [3.63, 3.8) is 0 Å². The lowest BCUT2D eigenvalue weighted by atomic mass is 9.95. The molecule has 0 fully saturated rings. The van der Waals surface area contributed by atoms with Gasteiger partial charge in [0.05, 0.1) is 5.60 Å². The molecular formula is C14H14F2OS. The van der Waals surface area contributed by atoms with Crippen LogP contribution >= 0.6 is 11.3 Å². The van der Waals surface area contributed by atoms with Crippen molar-refractivity contribution in [1.29, 1.82) is 0 Å². The summed E-state index contributed by atoms with van der Waals surface area (Å²) in [7, 11) is 0. The van der Waals surface area contributed by atoms with Gasteiger partial charge in [-0.05, 0) is 43.7 Å². The Balaban J connectivity index is 2.24. The quantitative estimate of drug-likeness (QED) is 0.898. The summed E-state index contributed by atoms with van der Waals surface area (Å²) in [5.41, 5.74) is -0.492. The van der Waals surface area contributed by atoms with Gasteiger partial charge in [-0.1, -0.05) is 6.07 Å². The standard InChI is InChI=1S/C14H14F2OS/c1-9-3-6-13(18-9)14(2,17)8-10-4-5-11(15)12(16)7-10/h3-7,17H,8H2,1-2H3. The van der Waals surface area contributed by atoms with Crippen LogP contribution in [-0.2, 0) is 12.0 Å². The van der Waals surface area contributed by atoms with E-state index < -0.39 is 17.2 Å². The monoisotopic (exact) mass is 268 g/mol. The van der Waals surface area contributed by atoms with E-state index in [4.69, 9.17) is 0 Å². The van der Waals surface area contributed by atoms with Crippen molar-refractivity contribution < 1.29 is 13.9 Å². The van der Waals surface area contributed by atoms with Crippen molar-refractivity contribution in [2.24, 2.45) is 0 Å². The van der Waals surface area contributed by atoms with Crippen molar-refractivity contribution in [3.05, 3.63) is 57.3 Å². The molecular weight excluding hydrogens is 254 g/mol. The highest BCUT2D eigenvalue weighted by molar-refractivity contribution is 7.12. The molecule has 1 atom stereocenters. The molecule has 0 spiro atoms. The van der Waals surface area contributed by atoms with Crippen molar-refractivity contribution in [2.45, 2.75) is 25.9 Å². The number of halogens is 2. The number of thiophene rings is 1. The van der Waals surface area contributed by atoms with E-state index in [1.54, 1.807) is 6.92 Å². The first-order chi connectivity index (χ1) is 8.38. The molecule has 4 heteroatoms. The van der Waals surface area contributed by atoms with Crippen LogP contribution < -0.4 is 0 Å². The molecule has 0 aliphatic rings. The van der Waals surface area contributed by atoms with Crippen LogP contribution in [0.5, 0.6) is 0 Å². The highest BCUT2D eigenvalue weighted by Crippen LogP contribution is 2.31. The Morgan fingerprint density at radius 2 is 1.89 bits per heavy atom. The molecule has 0 amide bonds. The molecule has 96 valence electrons. The number of benzene rings is 1. The normalized spacial score (nSPS) is 14.5. The van der Waals surface area contributed by atoms with Crippen molar-refractivity contribution >= 4 is 11.3 Å². The molecule has 18 heavy (non-hydrogen) atoms. The molecule has 1 nitrogen and oxygen atoms in total. The van der Waals surface area contributed by atoms with Gasteiger partial charge in [-0.2, -0.15) is 0 Å². The van der Waals surface area contributed by atoms with Gasteiger partial charge in [0.25, 0.3) is 0 Å². The molecule has 1 heterocycles. The van der Waals surface area contributed by atoms with Gasteiger partial charge in [-0.15, -0.1) is 11.3 Å². The van der Waals surface area contributed by atoms with Gasteiger partial charge in [0.15, 0.2) is 11.6 Å². The Morgan fingerprint density at radius 3 is 2.44 bits per heavy atom. The summed E-state index contributed by atoms with van der Waals surface area (Å²) in [6.45, 7) is 3.64. The fourth-order valence-corrected chi connectivity index (χ4v) is 2.77. The zero-order valence-electron chi connectivity index (χ0n) is 10.2. The predicted octanol–water partition coefficient (Wildman–Crippen LogP) is 3.78. The Bertz CT molecular complexity index is 561. The van der Waals surface area contributed by atoms with E-state index in [1.807, 2.05) is 19.1 Å². The van der Waals surface area contributed by atoms with Gasteiger partial charge >= 0.3 is 0 Å². The minimum atomic E-state index is -1.07. The number of rotatable bonds is 3. The van der Waals surface area contributed by atoms with Crippen LogP contribution in [0.2, 0.25) is 0 Å². The summed E-state index contributed by atoms with van der Waals surface area (Å²) in [6, 6.07) is 7.50. The first kappa shape index (κ1) is 13.2. The summed E-state index contributed by atoms with van der Waals surface area (Å²) in [5.74, 6) is -1.75. The van der Waals surface area contributed by atoms with Gasteiger partial charge in [0.2, 0.25) is 0 Å². The topological polar surface area (TPSA) is 20.2 Å².